The Kier molecular flexibility index (Phi) is 4.12. The molecule has 0 radical (unpaired) electrons. The minimum Gasteiger partial charge on any atom is -0.481 e. The monoisotopic (exact) mass is 227 g/mol. The normalized spacial score (nSPS) is 11.8. The molecule has 0 fully saturated rings. The molecule has 1 rings (SSSR count). The predicted molar refractivity (Wildman–Crippen MR) is 55.6 cm³/mol. The van der Waals surface area contributed by atoms with Gasteiger partial charge in [0, 0.05) is 5.02 Å². The van der Waals surface area contributed by atoms with Crippen LogP contribution in [0.4, 0.5) is 0 Å². The molecule has 0 unspecified atom stereocenters. The molecule has 1 aromatic rings. The van der Waals surface area contributed by atoms with Crippen LogP contribution in [0.2, 0.25) is 5.02 Å². The minimum absolute atomic E-state index is 0.192. The maximum Gasteiger partial charge on any atom is 0.305 e. The van der Waals surface area contributed by atoms with Crippen LogP contribution in [0.1, 0.15) is 18.0 Å². The number of amides is 1. The fourth-order valence-corrected chi connectivity index (χ4v) is 1.54. The second-order valence-electron chi connectivity index (χ2n) is 2.96. The number of hydrogen-bond donors (Lipinski definition) is 2. The molecule has 0 bridgehead atoms. The summed E-state index contributed by atoms with van der Waals surface area (Å²) >= 11 is 5.89. The lowest BCUT2D eigenvalue weighted by atomic mass is 10.0. The zero-order valence-electron chi connectivity index (χ0n) is 7.81. The fourth-order valence-electron chi connectivity index (χ4n) is 1.27. The summed E-state index contributed by atoms with van der Waals surface area (Å²) in [5, 5.41) is 11.5. The molecule has 5 heteroatoms. The van der Waals surface area contributed by atoms with E-state index in [0.29, 0.717) is 17.0 Å². The number of carbonyl (C=O) groups excluding carboxylic acids is 1. The first-order valence-electron chi connectivity index (χ1n) is 4.31. The van der Waals surface area contributed by atoms with Crippen LogP contribution in [0.25, 0.3) is 0 Å². The van der Waals surface area contributed by atoms with E-state index in [0.717, 1.165) is 0 Å². The van der Waals surface area contributed by atoms with Crippen molar-refractivity contribution in [2.75, 3.05) is 0 Å². The van der Waals surface area contributed by atoms with E-state index in [2.05, 4.69) is 5.32 Å². The van der Waals surface area contributed by atoms with Crippen molar-refractivity contribution >= 4 is 24.0 Å². The Hall–Kier alpha value is -1.55. The SMILES string of the molecule is O=CN[C@H](CC(=O)O)c1ccccc1Cl. The Bertz CT molecular complexity index is 367. The first kappa shape index (κ1) is 11.5. The molecule has 1 amide bonds. The molecule has 0 aliphatic rings. The molecule has 15 heavy (non-hydrogen) atoms. The molecule has 0 saturated heterocycles. The lowest BCUT2D eigenvalue weighted by Crippen LogP contribution is -2.22. The van der Waals surface area contributed by atoms with E-state index in [-0.39, 0.29) is 6.42 Å². The van der Waals surface area contributed by atoms with Crippen LogP contribution in [-0.4, -0.2) is 17.5 Å². The van der Waals surface area contributed by atoms with Gasteiger partial charge in [0.15, 0.2) is 0 Å². The summed E-state index contributed by atoms with van der Waals surface area (Å²) < 4.78 is 0. The molecule has 80 valence electrons. The lowest BCUT2D eigenvalue weighted by molar-refractivity contribution is -0.137. The highest BCUT2D eigenvalue weighted by Gasteiger charge is 2.16. The smallest absolute Gasteiger partial charge is 0.305 e. The minimum atomic E-state index is -0.991. The molecule has 0 saturated carbocycles. The number of carboxylic acid groups (broad SMARTS) is 1. The first-order valence-corrected chi connectivity index (χ1v) is 4.69. The quantitative estimate of drug-likeness (QED) is 0.751. The Morgan fingerprint density at radius 1 is 1.53 bits per heavy atom. The van der Waals surface area contributed by atoms with Crippen LogP contribution in [0.15, 0.2) is 24.3 Å². The number of aliphatic carboxylic acids is 1. The average molecular weight is 228 g/mol. The molecule has 1 aromatic carbocycles. The highest BCUT2D eigenvalue weighted by molar-refractivity contribution is 6.31. The Morgan fingerprint density at radius 2 is 2.20 bits per heavy atom. The first-order chi connectivity index (χ1) is 7.15. The van der Waals surface area contributed by atoms with Gasteiger partial charge in [0.25, 0.3) is 0 Å². The summed E-state index contributed by atoms with van der Waals surface area (Å²) in [7, 11) is 0. The van der Waals surface area contributed by atoms with E-state index in [1.54, 1.807) is 24.3 Å². The standard InChI is InChI=1S/C10H10ClNO3/c11-8-4-2-1-3-7(8)9(12-6-13)5-10(14)15/h1-4,6,9H,5H2,(H,12,13)(H,14,15)/t9-/m1/s1. The van der Waals surface area contributed by atoms with Gasteiger partial charge in [-0.1, -0.05) is 29.8 Å². The molecular weight excluding hydrogens is 218 g/mol. The van der Waals surface area contributed by atoms with Crippen LogP contribution in [0.3, 0.4) is 0 Å². The number of halogens is 1. The van der Waals surface area contributed by atoms with Gasteiger partial charge in [-0.3, -0.25) is 9.59 Å². The van der Waals surface area contributed by atoms with Crippen LogP contribution < -0.4 is 5.32 Å². The highest BCUT2D eigenvalue weighted by atomic mass is 35.5. The summed E-state index contributed by atoms with van der Waals surface area (Å²) in [4.78, 5) is 20.9. The Labute approximate surface area is 91.9 Å². The van der Waals surface area contributed by atoms with Gasteiger partial charge in [0.2, 0.25) is 6.41 Å². The second kappa shape index (κ2) is 5.36. The molecule has 0 spiro atoms. The summed E-state index contributed by atoms with van der Waals surface area (Å²) in [6, 6.07) is 6.23. The van der Waals surface area contributed by atoms with Crippen molar-refractivity contribution in [3.8, 4) is 0 Å². The third-order valence-electron chi connectivity index (χ3n) is 1.93. The van der Waals surface area contributed by atoms with Gasteiger partial charge in [0.1, 0.15) is 0 Å². The number of nitrogens with one attached hydrogen (secondary N) is 1. The van der Waals surface area contributed by atoms with E-state index in [1.165, 1.54) is 0 Å². The van der Waals surface area contributed by atoms with Gasteiger partial charge in [-0.15, -0.1) is 0 Å². The third kappa shape index (κ3) is 3.25. The number of carboxylic acids is 1. The van der Waals surface area contributed by atoms with E-state index in [1.807, 2.05) is 0 Å². The molecule has 1 atom stereocenters. The van der Waals surface area contributed by atoms with Crippen molar-refractivity contribution in [3.63, 3.8) is 0 Å². The van der Waals surface area contributed by atoms with Gasteiger partial charge in [-0.25, -0.2) is 0 Å². The second-order valence-corrected chi connectivity index (χ2v) is 3.36. The van der Waals surface area contributed by atoms with Crippen molar-refractivity contribution in [1.82, 2.24) is 5.32 Å². The molecule has 4 nitrogen and oxygen atoms in total. The maximum absolute atomic E-state index is 10.6. The summed E-state index contributed by atoms with van der Waals surface area (Å²) in [6.07, 6.45) is 0.277. The van der Waals surface area contributed by atoms with Crippen molar-refractivity contribution in [2.45, 2.75) is 12.5 Å². The van der Waals surface area contributed by atoms with Gasteiger partial charge in [-0.05, 0) is 11.6 Å². The fraction of sp³-hybridized carbons (Fsp3) is 0.200. The Morgan fingerprint density at radius 3 is 2.73 bits per heavy atom. The number of hydrogen-bond acceptors (Lipinski definition) is 2. The van der Waals surface area contributed by atoms with Crippen LogP contribution in [0.5, 0.6) is 0 Å². The van der Waals surface area contributed by atoms with E-state index in [4.69, 9.17) is 16.7 Å². The van der Waals surface area contributed by atoms with Crippen molar-refractivity contribution < 1.29 is 14.7 Å². The van der Waals surface area contributed by atoms with E-state index in [9.17, 15) is 9.59 Å². The number of rotatable bonds is 5. The molecular formula is C10H10ClNO3. The van der Waals surface area contributed by atoms with E-state index < -0.39 is 12.0 Å². The molecule has 0 aliphatic carbocycles. The lowest BCUT2D eigenvalue weighted by Gasteiger charge is -2.15. The van der Waals surface area contributed by atoms with Crippen LogP contribution in [0, 0.1) is 0 Å². The van der Waals surface area contributed by atoms with Gasteiger partial charge < -0.3 is 10.4 Å². The predicted octanol–water partition coefficient (Wildman–Crippen LogP) is 1.60. The third-order valence-corrected chi connectivity index (χ3v) is 2.27. The molecule has 0 aromatic heterocycles. The van der Waals surface area contributed by atoms with Gasteiger partial charge >= 0.3 is 5.97 Å². The topological polar surface area (TPSA) is 66.4 Å². The summed E-state index contributed by atoms with van der Waals surface area (Å²) in [5.74, 6) is -0.991. The molecule has 2 N–H and O–H groups in total. The van der Waals surface area contributed by atoms with Gasteiger partial charge in [0.05, 0.1) is 12.5 Å². The summed E-state index contributed by atoms with van der Waals surface area (Å²) in [6.45, 7) is 0. The largest absolute Gasteiger partial charge is 0.481 e. The van der Waals surface area contributed by atoms with Crippen molar-refractivity contribution in [2.24, 2.45) is 0 Å². The summed E-state index contributed by atoms with van der Waals surface area (Å²) in [5.41, 5.74) is 0.605. The highest BCUT2D eigenvalue weighted by Crippen LogP contribution is 2.24. The average Bonchev–Trinajstić information content (AvgIpc) is 2.17. The Balaban J connectivity index is 2.92. The van der Waals surface area contributed by atoms with Gasteiger partial charge in [-0.2, -0.15) is 0 Å². The number of carbonyl (C=O) groups is 2. The zero-order chi connectivity index (χ0) is 11.3. The molecule has 0 aliphatic heterocycles. The van der Waals surface area contributed by atoms with E-state index >= 15 is 0 Å². The van der Waals surface area contributed by atoms with Crippen molar-refractivity contribution in [3.05, 3.63) is 34.9 Å². The number of benzene rings is 1. The molecule has 0 heterocycles. The van der Waals surface area contributed by atoms with Crippen LogP contribution >= 0.6 is 11.6 Å². The zero-order valence-corrected chi connectivity index (χ0v) is 8.57. The van der Waals surface area contributed by atoms with Crippen molar-refractivity contribution in [1.29, 1.82) is 0 Å². The van der Waals surface area contributed by atoms with Crippen LogP contribution in [-0.2, 0) is 9.59 Å². The maximum atomic E-state index is 10.6.